The van der Waals surface area contributed by atoms with E-state index in [-0.39, 0.29) is 18.4 Å². The fraction of sp³-hybridized carbons (Fsp3) is 0.857. The molecule has 0 heterocycles. The Morgan fingerprint density at radius 1 is 1.11 bits per heavy atom. The summed E-state index contributed by atoms with van der Waals surface area (Å²) in [5, 5.41) is 11.7. The molecular formula is C14H27NO3. The number of rotatable bonds is 9. The first kappa shape index (κ1) is 16.9. The number of nitrogens with one attached hydrogen (secondary N) is 1. The van der Waals surface area contributed by atoms with E-state index in [0.29, 0.717) is 12.3 Å². The summed E-state index contributed by atoms with van der Waals surface area (Å²) >= 11 is 0. The van der Waals surface area contributed by atoms with E-state index in [1.807, 2.05) is 13.8 Å². The SMILES string of the molecule is CC(C)CCCCC(=O)NCC(C(=O)O)C(C)C. The molecule has 4 nitrogen and oxygen atoms in total. The molecule has 0 bridgehead atoms. The molecule has 0 saturated carbocycles. The first-order valence-corrected chi connectivity index (χ1v) is 6.84. The number of carbonyl (C=O) groups is 2. The molecule has 1 unspecified atom stereocenters. The maximum absolute atomic E-state index is 11.5. The van der Waals surface area contributed by atoms with E-state index < -0.39 is 11.9 Å². The van der Waals surface area contributed by atoms with Gasteiger partial charge >= 0.3 is 5.97 Å². The molecule has 0 radical (unpaired) electrons. The number of hydrogen-bond acceptors (Lipinski definition) is 2. The maximum atomic E-state index is 11.5. The van der Waals surface area contributed by atoms with Crippen LogP contribution in [0.4, 0.5) is 0 Å². The highest BCUT2D eigenvalue weighted by atomic mass is 16.4. The Kier molecular flexibility index (Phi) is 8.42. The van der Waals surface area contributed by atoms with Crippen molar-refractivity contribution in [2.45, 2.75) is 53.4 Å². The number of carboxylic acids is 1. The van der Waals surface area contributed by atoms with Crippen LogP contribution < -0.4 is 5.32 Å². The molecule has 1 amide bonds. The number of unbranched alkanes of at least 4 members (excludes halogenated alkanes) is 1. The summed E-state index contributed by atoms with van der Waals surface area (Å²) in [5.41, 5.74) is 0. The van der Waals surface area contributed by atoms with Gasteiger partial charge in [-0.2, -0.15) is 0 Å². The number of amides is 1. The maximum Gasteiger partial charge on any atom is 0.308 e. The molecule has 0 aliphatic rings. The van der Waals surface area contributed by atoms with Crippen LogP contribution in [-0.4, -0.2) is 23.5 Å². The first-order valence-electron chi connectivity index (χ1n) is 6.84. The van der Waals surface area contributed by atoms with E-state index in [1.54, 1.807) is 0 Å². The molecule has 0 saturated heterocycles. The third-order valence-corrected chi connectivity index (χ3v) is 3.08. The smallest absolute Gasteiger partial charge is 0.308 e. The minimum atomic E-state index is -0.842. The standard InChI is InChI=1S/C14H27NO3/c1-10(2)7-5-6-8-13(16)15-9-12(11(3)4)14(17)18/h10-12H,5-9H2,1-4H3,(H,15,16)(H,17,18). The fourth-order valence-corrected chi connectivity index (χ4v) is 1.76. The van der Waals surface area contributed by atoms with Gasteiger partial charge in [0.1, 0.15) is 0 Å². The van der Waals surface area contributed by atoms with Crippen molar-refractivity contribution in [1.82, 2.24) is 5.32 Å². The lowest BCUT2D eigenvalue weighted by Gasteiger charge is -2.16. The third kappa shape index (κ3) is 8.09. The zero-order valence-corrected chi connectivity index (χ0v) is 12.0. The Morgan fingerprint density at radius 3 is 2.17 bits per heavy atom. The zero-order chi connectivity index (χ0) is 14.1. The minimum absolute atomic E-state index is 0.0312. The van der Waals surface area contributed by atoms with E-state index in [4.69, 9.17) is 5.11 Å². The van der Waals surface area contributed by atoms with Crippen molar-refractivity contribution in [1.29, 1.82) is 0 Å². The molecular weight excluding hydrogens is 230 g/mol. The average Bonchev–Trinajstić information content (AvgIpc) is 2.23. The van der Waals surface area contributed by atoms with Crippen molar-refractivity contribution in [3.63, 3.8) is 0 Å². The van der Waals surface area contributed by atoms with Crippen molar-refractivity contribution < 1.29 is 14.7 Å². The second-order valence-corrected chi connectivity index (χ2v) is 5.63. The van der Waals surface area contributed by atoms with Gasteiger partial charge in [-0.1, -0.05) is 40.5 Å². The van der Waals surface area contributed by atoms with Crippen molar-refractivity contribution in [3.05, 3.63) is 0 Å². The molecule has 0 aliphatic heterocycles. The van der Waals surface area contributed by atoms with E-state index in [1.165, 1.54) is 0 Å². The van der Waals surface area contributed by atoms with Crippen LogP contribution in [0.3, 0.4) is 0 Å². The highest BCUT2D eigenvalue weighted by Crippen LogP contribution is 2.10. The molecule has 4 heteroatoms. The summed E-state index contributed by atoms with van der Waals surface area (Å²) in [6.45, 7) is 8.28. The van der Waals surface area contributed by atoms with Crippen molar-refractivity contribution in [2.24, 2.45) is 17.8 Å². The van der Waals surface area contributed by atoms with E-state index >= 15 is 0 Å². The van der Waals surface area contributed by atoms with Gasteiger partial charge in [-0.25, -0.2) is 0 Å². The zero-order valence-electron chi connectivity index (χ0n) is 12.0. The van der Waals surface area contributed by atoms with Gasteiger partial charge in [0, 0.05) is 13.0 Å². The third-order valence-electron chi connectivity index (χ3n) is 3.08. The Balaban J connectivity index is 3.78. The topological polar surface area (TPSA) is 66.4 Å². The quantitative estimate of drug-likeness (QED) is 0.624. The van der Waals surface area contributed by atoms with Gasteiger partial charge in [0.05, 0.1) is 5.92 Å². The normalized spacial score (nSPS) is 12.8. The Hall–Kier alpha value is -1.06. The van der Waals surface area contributed by atoms with Crippen LogP contribution in [0.2, 0.25) is 0 Å². The monoisotopic (exact) mass is 257 g/mol. The van der Waals surface area contributed by atoms with Crippen molar-refractivity contribution in [2.75, 3.05) is 6.54 Å². The average molecular weight is 257 g/mol. The molecule has 0 aromatic heterocycles. The van der Waals surface area contributed by atoms with Crippen LogP contribution in [0.15, 0.2) is 0 Å². The number of hydrogen-bond donors (Lipinski definition) is 2. The van der Waals surface area contributed by atoms with Crippen LogP contribution in [0.5, 0.6) is 0 Å². The Bertz CT molecular complexity index is 262. The van der Waals surface area contributed by atoms with Crippen LogP contribution in [0.25, 0.3) is 0 Å². The van der Waals surface area contributed by atoms with Crippen LogP contribution in [-0.2, 0) is 9.59 Å². The van der Waals surface area contributed by atoms with Gasteiger partial charge in [0.25, 0.3) is 0 Å². The van der Waals surface area contributed by atoms with Gasteiger partial charge in [0.15, 0.2) is 0 Å². The number of carboxylic acid groups (broad SMARTS) is 1. The van der Waals surface area contributed by atoms with Gasteiger partial charge in [-0.15, -0.1) is 0 Å². The highest BCUT2D eigenvalue weighted by molar-refractivity contribution is 5.77. The fourth-order valence-electron chi connectivity index (χ4n) is 1.76. The molecule has 106 valence electrons. The van der Waals surface area contributed by atoms with Gasteiger partial charge < -0.3 is 10.4 Å². The van der Waals surface area contributed by atoms with Gasteiger partial charge in [-0.05, 0) is 18.3 Å². The summed E-state index contributed by atoms with van der Waals surface area (Å²) in [7, 11) is 0. The first-order chi connectivity index (χ1) is 8.34. The molecule has 0 spiro atoms. The lowest BCUT2D eigenvalue weighted by molar-refractivity contribution is -0.143. The summed E-state index contributed by atoms with van der Waals surface area (Å²) < 4.78 is 0. The van der Waals surface area contributed by atoms with Crippen molar-refractivity contribution in [3.8, 4) is 0 Å². The predicted octanol–water partition coefficient (Wildman–Crippen LogP) is 2.68. The van der Waals surface area contributed by atoms with Crippen LogP contribution >= 0.6 is 0 Å². The Morgan fingerprint density at radius 2 is 1.72 bits per heavy atom. The molecule has 0 fully saturated rings. The second kappa shape index (κ2) is 8.95. The Labute approximate surface area is 110 Å². The molecule has 0 aliphatic carbocycles. The molecule has 2 N–H and O–H groups in total. The minimum Gasteiger partial charge on any atom is -0.481 e. The highest BCUT2D eigenvalue weighted by Gasteiger charge is 2.21. The lowest BCUT2D eigenvalue weighted by Crippen LogP contribution is -2.35. The molecule has 18 heavy (non-hydrogen) atoms. The van der Waals surface area contributed by atoms with Crippen LogP contribution in [0.1, 0.15) is 53.4 Å². The summed E-state index contributed by atoms with van der Waals surface area (Å²) in [5.74, 6) is -0.672. The van der Waals surface area contributed by atoms with Gasteiger partial charge in [0.2, 0.25) is 5.91 Å². The largest absolute Gasteiger partial charge is 0.481 e. The summed E-state index contributed by atoms with van der Waals surface area (Å²) in [4.78, 5) is 22.5. The second-order valence-electron chi connectivity index (χ2n) is 5.63. The van der Waals surface area contributed by atoms with Crippen LogP contribution in [0, 0.1) is 17.8 Å². The summed E-state index contributed by atoms with van der Waals surface area (Å²) in [6.07, 6.45) is 3.56. The van der Waals surface area contributed by atoms with E-state index in [0.717, 1.165) is 19.3 Å². The van der Waals surface area contributed by atoms with Gasteiger partial charge in [-0.3, -0.25) is 9.59 Å². The summed E-state index contributed by atoms with van der Waals surface area (Å²) in [6, 6.07) is 0. The molecule has 0 rings (SSSR count). The van der Waals surface area contributed by atoms with Crippen molar-refractivity contribution >= 4 is 11.9 Å². The molecule has 0 aromatic carbocycles. The number of aliphatic carboxylic acids is 1. The predicted molar refractivity (Wildman–Crippen MR) is 72.3 cm³/mol. The number of carbonyl (C=O) groups excluding carboxylic acids is 1. The van der Waals surface area contributed by atoms with E-state index in [9.17, 15) is 9.59 Å². The molecule has 1 atom stereocenters. The van der Waals surface area contributed by atoms with E-state index in [2.05, 4.69) is 19.2 Å². The molecule has 0 aromatic rings. The lowest BCUT2D eigenvalue weighted by atomic mass is 9.96.